The van der Waals surface area contributed by atoms with Gasteiger partial charge in [0, 0.05) is 0 Å². The van der Waals surface area contributed by atoms with Crippen LogP contribution in [-0.2, 0) is 10.0 Å². The molecule has 2 rings (SSSR count). The fourth-order valence-corrected chi connectivity index (χ4v) is 4.59. The van der Waals surface area contributed by atoms with Crippen molar-refractivity contribution in [1.82, 2.24) is 4.72 Å². The van der Waals surface area contributed by atoms with Crippen LogP contribution in [0, 0.1) is 25.2 Å². The largest absolute Gasteiger partial charge is 0.242 e. The second-order valence-electron chi connectivity index (χ2n) is 5.98. The Kier molecular flexibility index (Phi) is 4.70. The van der Waals surface area contributed by atoms with Gasteiger partial charge in [-0.25, -0.2) is 8.42 Å². The zero-order valence-corrected chi connectivity index (χ0v) is 13.5. The highest BCUT2D eigenvalue weighted by atomic mass is 32.2. The monoisotopic (exact) mass is 306 g/mol. The van der Waals surface area contributed by atoms with Crippen LogP contribution in [0.5, 0.6) is 0 Å². The number of nitriles is 1. The van der Waals surface area contributed by atoms with Crippen molar-refractivity contribution >= 4 is 10.0 Å². The summed E-state index contributed by atoms with van der Waals surface area (Å²) >= 11 is 0. The molecule has 0 saturated heterocycles. The van der Waals surface area contributed by atoms with E-state index in [4.69, 9.17) is 0 Å². The zero-order chi connectivity index (χ0) is 15.5. The van der Waals surface area contributed by atoms with Crippen LogP contribution in [0.25, 0.3) is 0 Å². The van der Waals surface area contributed by atoms with Crippen molar-refractivity contribution in [3.63, 3.8) is 0 Å². The summed E-state index contributed by atoms with van der Waals surface area (Å²) in [5.74, 6) is 0. The van der Waals surface area contributed by atoms with Crippen LogP contribution in [0.2, 0.25) is 0 Å². The van der Waals surface area contributed by atoms with Crippen LogP contribution in [0.3, 0.4) is 0 Å². The molecule has 4 nitrogen and oxygen atoms in total. The number of benzene rings is 1. The highest BCUT2D eigenvalue weighted by molar-refractivity contribution is 7.89. The van der Waals surface area contributed by atoms with Crippen LogP contribution < -0.4 is 4.72 Å². The van der Waals surface area contributed by atoms with Crippen LogP contribution in [0.4, 0.5) is 0 Å². The van der Waals surface area contributed by atoms with Crippen molar-refractivity contribution in [2.24, 2.45) is 0 Å². The van der Waals surface area contributed by atoms with Gasteiger partial charge in [-0.05, 0) is 38.3 Å². The van der Waals surface area contributed by atoms with E-state index in [1.807, 2.05) is 13.0 Å². The molecule has 1 aromatic carbocycles. The van der Waals surface area contributed by atoms with Crippen molar-refractivity contribution in [3.8, 4) is 6.07 Å². The standard InChI is InChI=1S/C16H22N2O2S/c1-13-7-8-15(14(2)11-13)21(19,20)18-16(12-17)9-5-3-4-6-10-16/h7-8,11,18H,3-6,9-10H2,1-2H3. The lowest BCUT2D eigenvalue weighted by Gasteiger charge is -2.26. The SMILES string of the molecule is Cc1ccc(S(=O)(=O)NC2(C#N)CCCCCC2)c(C)c1. The van der Waals surface area contributed by atoms with E-state index in [9.17, 15) is 13.7 Å². The van der Waals surface area contributed by atoms with Crippen molar-refractivity contribution in [3.05, 3.63) is 29.3 Å². The third-order valence-electron chi connectivity index (χ3n) is 4.12. The van der Waals surface area contributed by atoms with Gasteiger partial charge >= 0.3 is 0 Å². The molecule has 5 heteroatoms. The van der Waals surface area contributed by atoms with E-state index in [1.54, 1.807) is 19.1 Å². The van der Waals surface area contributed by atoms with Crippen molar-refractivity contribution in [2.75, 3.05) is 0 Å². The van der Waals surface area contributed by atoms with Gasteiger partial charge in [0.2, 0.25) is 10.0 Å². The van der Waals surface area contributed by atoms with Gasteiger partial charge in [0.15, 0.2) is 0 Å². The maximum absolute atomic E-state index is 12.6. The third kappa shape index (κ3) is 3.63. The average molecular weight is 306 g/mol. The molecular formula is C16H22N2O2S. The molecule has 0 amide bonds. The molecule has 0 bridgehead atoms. The lowest BCUT2D eigenvalue weighted by Crippen LogP contribution is -2.47. The minimum atomic E-state index is -3.67. The molecule has 1 N–H and O–H groups in total. The summed E-state index contributed by atoms with van der Waals surface area (Å²) in [6.45, 7) is 3.71. The molecule has 1 aliphatic carbocycles. The minimum Gasteiger partial charge on any atom is -0.207 e. The van der Waals surface area contributed by atoms with Crippen LogP contribution >= 0.6 is 0 Å². The number of hydrogen-bond donors (Lipinski definition) is 1. The first-order valence-electron chi connectivity index (χ1n) is 7.41. The van der Waals surface area contributed by atoms with Gasteiger partial charge in [-0.3, -0.25) is 0 Å². The Labute approximate surface area is 127 Å². The normalized spacial score (nSPS) is 18.7. The molecular weight excluding hydrogens is 284 g/mol. The summed E-state index contributed by atoms with van der Waals surface area (Å²) in [6, 6.07) is 7.48. The number of aryl methyl sites for hydroxylation is 2. The average Bonchev–Trinajstić information content (AvgIpc) is 2.64. The van der Waals surface area contributed by atoms with Crippen molar-refractivity contribution < 1.29 is 8.42 Å². The summed E-state index contributed by atoms with van der Waals surface area (Å²) in [7, 11) is -3.67. The van der Waals surface area contributed by atoms with Crippen LogP contribution in [0.15, 0.2) is 23.1 Å². The Morgan fingerprint density at radius 3 is 2.29 bits per heavy atom. The summed E-state index contributed by atoms with van der Waals surface area (Å²) < 4.78 is 28.0. The van der Waals surface area contributed by atoms with E-state index >= 15 is 0 Å². The molecule has 0 aromatic heterocycles. The Balaban J connectivity index is 2.33. The van der Waals surface area contributed by atoms with E-state index < -0.39 is 15.6 Å². The summed E-state index contributed by atoms with van der Waals surface area (Å²) in [6.07, 6.45) is 5.09. The maximum atomic E-state index is 12.6. The topological polar surface area (TPSA) is 70.0 Å². The Hall–Kier alpha value is -1.38. The summed E-state index contributed by atoms with van der Waals surface area (Å²) in [5, 5.41) is 9.51. The molecule has 0 unspecified atom stereocenters. The second-order valence-corrected chi connectivity index (χ2v) is 7.63. The summed E-state index contributed by atoms with van der Waals surface area (Å²) in [5.41, 5.74) is 0.784. The second kappa shape index (κ2) is 6.17. The zero-order valence-electron chi connectivity index (χ0n) is 12.6. The number of hydrogen-bond acceptors (Lipinski definition) is 3. The molecule has 1 saturated carbocycles. The van der Waals surface area contributed by atoms with E-state index in [-0.39, 0.29) is 4.90 Å². The molecule has 0 spiro atoms. The van der Waals surface area contributed by atoms with Crippen molar-refractivity contribution in [2.45, 2.75) is 62.8 Å². The first kappa shape index (κ1) is 16.0. The number of rotatable bonds is 3. The van der Waals surface area contributed by atoms with Gasteiger partial charge in [0.1, 0.15) is 5.54 Å². The molecule has 1 fully saturated rings. The van der Waals surface area contributed by atoms with Gasteiger partial charge < -0.3 is 0 Å². The fraction of sp³-hybridized carbons (Fsp3) is 0.562. The van der Waals surface area contributed by atoms with Gasteiger partial charge in [-0.2, -0.15) is 9.98 Å². The molecule has 114 valence electrons. The Bertz CT molecular complexity index is 651. The van der Waals surface area contributed by atoms with Crippen molar-refractivity contribution in [1.29, 1.82) is 5.26 Å². The van der Waals surface area contributed by atoms with E-state index in [0.717, 1.165) is 31.2 Å². The van der Waals surface area contributed by atoms with Gasteiger partial charge in [0.25, 0.3) is 0 Å². The lowest BCUT2D eigenvalue weighted by atomic mass is 9.94. The number of nitrogens with one attached hydrogen (secondary N) is 1. The third-order valence-corrected chi connectivity index (χ3v) is 5.82. The maximum Gasteiger partial charge on any atom is 0.242 e. The van der Waals surface area contributed by atoms with Gasteiger partial charge in [0.05, 0.1) is 11.0 Å². The minimum absolute atomic E-state index is 0.270. The quantitative estimate of drug-likeness (QED) is 0.872. The Morgan fingerprint density at radius 1 is 1.14 bits per heavy atom. The molecule has 0 radical (unpaired) electrons. The van der Waals surface area contributed by atoms with Crippen LogP contribution in [0.1, 0.15) is 49.7 Å². The Morgan fingerprint density at radius 2 is 1.76 bits per heavy atom. The van der Waals surface area contributed by atoms with E-state index in [0.29, 0.717) is 18.4 Å². The highest BCUT2D eigenvalue weighted by Gasteiger charge is 2.36. The van der Waals surface area contributed by atoms with E-state index in [1.165, 1.54) is 0 Å². The molecule has 1 aliphatic rings. The fourth-order valence-electron chi connectivity index (χ4n) is 2.98. The molecule has 21 heavy (non-hydrogen) atoms. The van der Waals surface area contributed by atoms with Crippen LogP contribution in [-0.4, -0.2) is 14.0 Å². The molecule has 1 aromatic rings. The number of nitrogens with zero attached hydrogens (tertiary/aromatic N) is 1. The lowest BCUT2D eigenvalue weighted by molar-refractivity contribution is 0.422. The van der Waals surface area contributed by atoms with Gasteiger partial charge in [-0.15, -0.1) is 0 Å². The van der Waals surface area contributed by atoms with E-state index in [2.05, 4.69) is 10.8 Å². The predicted octanol–water partition coefficient (Wildman–Crippen LogP) is 3.20. The first-order valence-corrected chi connectivity index (χ1v) is 8.89. The molecule has 0 aliphatic heterocycles. The molecule has 0 heterocycles. The first-order chi connectivity index (χ1) is 9.88. The number of sulfonamides is 1. The highest BCUT2D eigenvalue weighted by Crippen LogP contribution is 2.29. The molecule has 0 atom stereocenters. The summed E-state index contributed by atoms with van der Waals surface area (Å²) in [4.78, 5) is 0.270. The predicted molar refractivity (Wildman–Crippen MR) is 82.3 cm³/mol. The smallest absolute Gasteiger partial charge is 0.207 e. The van der Waals surface area contributed by atoms with Gasteiger partial charge in [-0.1, -0.05) is 43.4 Å².